The predicted molar refractivity (Wildman–Crippen MR) is 124 cm³/mol. The van der Waals surface area contributed by atoms with Crippen LogP contribution in [0.2, 0.25) is 0 Å². The maximum absolute atomic E-state index is 13.3. The van der Waals surface area contributed by atoms with Crippen molar-refractivity contribution in [2.75, 3.05) is 13.6 Å². The van der Waals surface area contributed by atoms with Gasteiger partial charge in [0.1, 0.15) is 12.1 Å². The number of terminal acetylenes is 1. The van der Waals surface area contributed by atoms with Gasteiger partial charge in [-0.3, -0.25) is 14.4 Å². The van der Waals surface area contributed by atoms with E-state index in [0.717, 1.165) is 30.5 Å². The first-order valence-electron chi connectivity index (χ1n) is 11.4. The van der Waals surface area contributed by atoms with Crippen LogP contribution >= 0.6 is 0 Å². The fraction of sp³-hybridized carbons (Fsp3) is 0.520. The van der Waals surface area contributed by atoms with Crippen LogP contribution in [0.3, 0.4) is 0 Å². The first-order valence-corrected chi connectivity index (χ1v) is 11.4. The van der Waals surface area contributed by atoms with E-state index in [-0.39, 0.29) is 24.1 Å². The van der Waals surface area contributed by atoms with Crippen LogP contribution in [0.5, 0.6) is 0 Å². The number of likely N-dealkylation sites (N-methyl/N-ethyl adjacent to an activating group) is 1. The van der Waals surface area contributed by atoms with Crippen LogP contribution in [0.1, 0.15) is 56.6 Å². The van der Waals surface area contributed by atoms with E-state index in [0.29, 0.717) is 25.8 Å². The number of carbonyl (C=O) groups excluding carboxylic acids is 3. The van der Waals surface area contributed by atoms with Crippen LogP contribution in [0, 0.1) is 12.3 Å². The number of amides is 3. The van der Waals surface area contributed by atoms with Crippen molar-refractivity contribution in [3.05, 3.63) is 35.4 Å². The molecule has 0 aromatic heterocycles. The fourth-order valence-electron chi connectivity index (χ4n) is 4.52. The summed E-state index contributed by atoms with van der Waals surface area (Å²) in [5, 5.41) is 5.70. The zero-order valence-corrected chi connectivity index (χ0v) is 18.9. The van der Waals surface area contributed by atoms with Crippen LogP contribution < -0.4 is 10.6 Å². The van der Waals surface area contributed by atoms with Gasteiger partial charge in [-0.05, 0) is 56.7 Å². The number of likely N-dealkylation sites (tertiary alicyclic amines) is 1. The zero-order valence-electron chi connectivity index (χ0n) is 18.9. The first-order chi connectivity index (χ1) is 15.5. The lowest BCUT2D eigenvalue weighted by atomic mass is 9.90. The van der Waals surface area contributed by atoms with Crippen LogP contribution in [0.25, 0.3) is 0 Å². The summed E-state index contributed by atoms with van der Waals surface area (Å²) < 4.78 is 0. The summed E-state index contributed by atoms with van der Waals surface area (Å²) in [6, 6.07) is 6.15. The lowest BCUT2D eigenvalue weighted by Crippen LogP contribution is -2.54. The molecule has 3 atom stereocenters. The largest absolute Gasteiger partial charge is 0.342 e. The van der Waals surface area contributed by atoms with E-state index in [1.165, 1.54) is 5.56 Å². The normalized spacial score (nSPS) is 20.8. The van der Waals surface area contributed by atoms with Crippen LogP contribution in [0.15, 0.2) is 29.3 Å². The Hall–Kier alpha value is -2.98. The van der Waals surface area contributed by atoms with Gasteiger partial charge in [0.2, 0.25) is 11.8 Å². The number of aliphatic imine (C=N–C) groups is 1. The molecular formula is C25H32N4O3. The molecule has 2 N–H and O–H groups in total. The molecule has 7 nitrogen and oxygen atoms in total. The summed E-state index contributed by atoms with van der Waals surface area (Å²) in [4.78, 5) is 44.9. The average molecular weight is 437 g/mol. The Kier molecular flexibility index (Phi) is 8.18. The highest BCUT2D eigenvalue weighted by atomic mass is 16.2. The predicted octanol–water partition coefficient (Wildman–Crippen LogP) is 1.84. The molecule has 2 aliphatic rings. The third kappa shape index (κ3) is 5.25. The third-order valence-electron chi connectivity index (χ3n) is 6.26. The summed E-state index contributed by atoms with van der Waals surface area (Å²) in [6.07, 6.45) is 10.1. The number of nitrogens with one attached hydrogen (secondary N) is 2. The molecule has 0 spiro atoms. The van der Waals surface area contributed by atoms with Gasteiger partial charge in [-0.15, -0.1) is 12.3 Å². The maximum Gasteiger partial charge on any atom is 0.268 e. The molecule has 32 heavy (non-hydrogen) atoms. The number of hydrogen-bond donors (Lipinski definition) is 2. The van der Waals surface area contributed by atoms with E-state index in [9.17, 15) is 14.4 Å². The molecule has 0 unspecified atom stereocenters. The van der Waals surface area contributed by atoms with Crippen LogP contribution in [0.4, 0.5) is 0 Å². The standard InChI is InChI=1S/C25H32N4O3/c1-4-10-21(28-23(30)19(5-2)26-3)25(32)29-16-9-15-22(29)24(31)27-20-14-8-12-17-11-6-7-13-18(17)20/h1,6-7,11,13,19,21-22,26H,5,8-10,12,14-16H2,2-3H3,(H,28,30)/t19-,21-,22-/m0/s1. The third-order valence-corrected chi connectivity index (χ3v) is 6.26. The Morgan fingerprint density at radius 2 is 2.00 bits per heavy atom. The number of nitrogens with zero attached hydrogens (tertiary/aromatic N) is 2. The van der Waals surface area contributed by atoms with Gasteiger partial charge in [0.05, 0.1) is 11.8 Å². The highest BCUT2D eigenvalue weighted by molar-refractivity contribution is 6.09. The second-order valence-corrected chi connectivity index (χ2v) is 8.32. The number of carbonyl (C=O) groups is 3. The molecule has 1 aliphatic carbocycles. The molecule has 0 bridgehead atoms. The van der Waals surface area contributed by atoms with E-state index < -0.39 is 18.1 Å². The SMILES string of the molecule is C#CC[C@H](NC(=O)[C@H](CC)NC)C(=O)N1CCC[C@H]1C(=O)N=C1CCCc2ccccc21. The number of rotatable bonds is 7. The van der Waals surface area contributed by atoms with Gasteiger partial charge in [-0.2, -0.15) is 0 Å². The van der Waals surface area contributed by atoms with Crippen molar-refractivity contribution in [3.63, 3.8) is 0 Å². The quantitative estimate of drug-likeness (QED) is 0.638. The lowest BCUT2D eigenvalue weighted by Gasteiger charge is -2.28. The Morgan fingerprint density at radius 3 is 2.72 bits per heavy atom. The summed E-state index contributed by atoms with van der Waals surface area (Å²) in [5.41, 5.74) is 3.03. The second kappa shape index (κ2) is 11.1. The van der Waals surface area contributed by atoms with Gasteiger partial charge < -0.3 is 15.5 Å². The number of hydrogen-bond acceptors (Lipinski definition) is 4. The van der Waals surface area contributed by atoms with Gasteiger partial charge in [0.25, 0.3) is 5.91 Å². The molecular weight excluding hydrogens is 404 g/mol. The molecule has 1 fully saturated rings. The van der Waals surface area contributed by atoms with E-state index in [1.54, 1.807) is 11.9 Å². The van der Waals surface area contributed by atoms with Gasteiger partial charge >= 0.3 is 0 Å². The van der Waals surface area contributed by atoms with Crippen molar-refractivity contribution in [3.8, 4) is 12.3 Å². The second-order valence-electron chi connectivity index (χ2n) is 8.32. The van der Waals surface area contributed by atoms with Gasteiger partial charge in [-0.25, -0.2) is 4.99 Å². The van der Waals surface area contributed by atoms with E-state index in [2.05, 4.69) is 27.6 Å². The van der Waals surface area contributed by atoms with Gasteiger partial charge in [0.15, 0.2) is 0 Å². The minimum absolute atomic E-state index is 0.0734. The average Bonchev–Trinajstić information content (AvgIpc) is 3.29. The number of benzene rings is 1. The van der Waals surface area contributed by atoms with Crippen LogP contribution in [-0.2, 0) is 20.8 Å². The lowest BCUT2D eigenvalue weighted by molar-refractivity contribution is -0.140. The number of fused-ring (bicyclic) bond motifs is 1. The van der Waals surface area contributed by atoms with Crippen molar-refractivity contribution in [2.24, 2.45) is 4.99 Å². The summed E-state index contributed by atoms with van der Waals surface area (Å²) >= 11 is 0. The molecule has 170 valence electrons. The minimum atomic E-state index is -0.855. The Balaban J connectivity index is 1.76. The Bertz CT molecular complexity index is 929. The van der Waals surface area contributed by atoms with Gasteiger partial charge in [0, 0.05) is 13.0 Å². The molecule has 0 radical (unpaired) electrons. The summed E-state index contributed by atoms with van der Waals surface area (Å²) in [5.74, 6) is 1.59. The summed E-state index contributed by atoms with van der Waals surface area (Å²) in [6.45, 7) is 2.34. The molecule has 0 saturated carbocycles. The van der Waals surface area contributed by atoms with E-state index >= 15 is 0 Å². The smallest absolute Gasteiger partial charge is 0.268 e. The van der Waals surface area contributed by atoms with E-state index in [1.807, 2.05) is 25.1 Å². The number of aryl methyl sites for hydroxylation is 1. The minimum Gasteiger partial charge on any atom is -0.342 e. The van der Waals surface area contributed by atoms with Crippen molar-refractivity contribution >= 4 is 23.4 Å². The summed E-state index contributed by atoms with van der Waals surface area (Å²) in [7, 11) is 1.70. The van der Waals surface area contributed by atoms with Crippen molar-refractivity contribution in [2.45, 2.75) is 70.0 Å². The van der Waals surface area contributed by atoms with E-state index in [4.69, 9.17) is 6.42 Å². The topological polar surface area (TPSA) is 90.9 Å². The monoisotopic (exact) mass is 436 g/mol. The molecule has 1 saturated heterocycles. The van der Waals surface area contributed by atoms with Gasteiger partial charge in [-0.1, -0.05) is 31.2 Å². The molecule has 1 aliphatic heterocycles. The first kappa shape index (κ1) is 23.7. The van der Waals surface area contributed by atoms with Crippen LogP contribution in [-0.4, -0.2) is 60.1 Å². The van der Waals surface area contributed by atoms with Crippen molar-refractivity contribution in [1.82, 2.24) is 15.5 Å². The van der Waals surface area contributed by atoms with Crippen molar-refractivity contribution in [1.29, 1.82) is 0 Å². The molecule has 1 aromatic carbocycles. The fourth-order valence-corrected chi connectivity index (χ4v) is 4.52. The molecule has 1 aromatic rings. The van der Waals surface area contributed by atoms with Crippen molar-refractivity contribution < 1.29 is 14.4 Å². The molecule has 3 amide bonds. The molecule has 7 heteroatoms. The Labute approximate surface area is 190 Å². The molecule has 3 rings (SSSR count). The highest BCUT2D eigenvalue weighted by Crippen LogP contribution is 2.24. The Morgan fingerprint density at radius 1 is 1.22 bits per heavy atom. The maximum atomic E-state index is 13.3. The zero-order chi connectivity index (χ0) is 23.1. The molecule has 1 heterocycles. The highest BCUT2D eigenvalue weighted by Gasteiger charge is 2.38.